The van der Waals surface area contributed by atoms with Crippen LogP contribution >= 0.6 is 15.9 Å². The van der Waals surface area contributed by atoms with Crippen molar-refractivity contribution in [3.63, 3.8) is 0 Å². The number of amides is 1. The summed E-state index contributed by atoms with van der Waals surface area (Å²) >= 11 is 3.53. The predicted molar refractivity (Wildman–Crippen MR) is 69.9 cm³/mol. The van der Waals surface area contributed by atoms with Crippen LogP contribution in [0.5, 0.6) is 0 Å². The van der Waals surface area contributed by atoms with Crippen molar-refractivity contribution in [1.82, 2.24) is 0 Å². The second-order valence-electron chi connectivity index (χ2n) is 4.45. The molecule has 86 valence electrons. The highest BCUT2D eigenvalue weighted by atomic mass is 79.9. The van der Waals surface area contributed by atoms with Crippen LogP contribution < -0.4 is 5.32 Å². The van der Waals surface area contributed by atoms with Crippen molar-refractivity contribution in [2.75, 3.05) is 5.32 Å². The lowest BCUT2D eigenvalue weighted by atomic mass is 10.1. The molecule has 1 N–H and O–H groups in total. The molecular formula is C13H16BrNO. The molecular weight excluding hydrogens is 266 g/mol. The van der Waals surface area contributed by atoms with Crippen molar-refractivity contribution in [2.45, 2.75) is 31.0 Å². The Morgan fingerprint density at radius 3 is 2.56 bits per heavy atom. The molecule has 1 aliphatic carbocycles. The highest BCUT2D eigenvalue weighted by Gasteiger charge is 2.29. The largest absolute Gasteiger partial charge is 0.326 e. The quantitative estimate of drug-likeness (QED) is 0.843. The molecule has 0 spiro atoms. The third-order valence-electron chi connectivity index (χ3n) is 2.69. The van der Waals surface area contributed by atoms with Gasteiger partial charge in [-0.15, -0.1) is 0 Å². The van der Waals surface area contributed by atoms with E-state index in [4.69, 9.17) is 0 Å². The molecule has 1 amide bonds. The molecule has 2 rings (SSSR count). The second-order valence-corrected chi connectivity index (χ2v) is 6.01. The zero-order valence-corrected chi connectivity index (χ0v) is 11.0. The maximum atomic E-state index is 11.5. The maximum absolute atomic E-state index is 11.5. The Bertz CT molecular complexity index is 368. The van der Waals surface area contributed by atoms with Crippen LogP contribution in [-0.4, -0.2) is 10.7 Å². The molecule has 0 aliphatic heterocycles. The van der Waals surface area contributed by atoms with Gasteiger partial charge < -0.3 is 5.32 Å². The summed E-state index contributed by atoms with van der Waals surface area (Å²) in [7, 11) is 0. The van der Waals surface area contributed by atoms with Gasteiger partial charge in [-0.2, -0.15) is 0 Å². The molecule has 16 heavy (non-hydrogen) atoms. The first-order chi connectivity index (χ1) is 7.65. The van der Waals surface area contributed by atoms with E-state index in [2.05, 4.69) is 40.3 Å². The fraction of sp³-hybridized carbons (Fsp3) is 0.462. The number of rotatable bonds is 4. The van der Waals surface area contributed by atoms with Crippen LogP contribution in [0.3, 0.4) is 0 Å². The van der Waals surface area contributed by atoms with Gasteiger partial charge in [0.25, 0.3) is 0 Å². The van der Waals surface area contributed by atoms with Crippen molar-refractivity contribution in [3.05, 3.63) is 29.8 Å². The number of benzene rings is 1. The summed E-state index contributed by atoms with van der Waals surface area (Å²) in [5, 5.41) is 2.93. The lowest BCUT2D eigenvalue weighted by Gasteiger charge is -2.06. The molecule has 0 heterocycles. The number of nitrogens with one attached hydrogen (secondary N) is 1. The van der Waals surface area contributed by atoms with Crippen LogP contribution in [0.4, 0.5) is 5.69 Å². The lowest BCUT2D eigenvalue weighted by Crippen LogP contribution is -2.13. The predicted octanol–water partition coefficient (Wildman–Crippen LogP) is 3.36. The van der Waals surface area contributed by atoms with Crippen molar-refractivity contribution in [2.24, 2.45) is 5.92 Å². The summed E-state index contributed by atoms with van der Waals surface area (Å²) in [6, 6.07) is 8.09. The topological polar surface area (TPSA) is 29.1 Å². The van der Waals surface area contributed by atoms with Crippen LogP contribution in [0.2, 0.25) is 0 Å². The van der Waals surface area contributed by atoms with Crippen LogP contribution in [0.25, 0.3) is 0 Å². The second kappa shape index (κ2) is 5.00. The van der Waals surface area contributed by atoms with Crippen LogP contribution in [0.1, 0.15) is 25.3 Å². The van der Waals surface area contributed by atoms with Crippen molar-refractivity contribution >= 4 is 27.5 Å². The van der Waals surface area contributed by atoms with Crippen molar-refractivity contribution in [3.8, 4) is 0 Å². The summed E-state index contributed by atoms with van der Waals surface area (Å²) in [4.78, 5) is 12.0. The van der Waals surface area contributed by atoms with Gasteiger partial charge in [0.15, 0.2) is 0 Å². The number of carbonyl (C=O) groups is 1. The zero-order chi connectivity index (χ0) is 11.5. The summed E-state index contributed by atoms with van der Waals surface area (Å²) in [6.45, 7) is 2.13. The Balaban J connectivity index is 1.93. The molecule has 0 bridgehead atoms. The first-order valence-electron chi connectivity index (χ1n) is 5.69. The lowest BCUT2D eigenvalue weighted by molar-refractivity contribution is -0.117. The molecule has 1 aromatic rings. The minimum atomic E-state index is 0.168. The first-order valence-corrected chi connectivity index (χ1v) is 6.60. The number of alkyl halides is 1. The molecule has 0 saturated heterocycles. The Morgan fingerprint density at radius 2 is 2.06 bits per heavy atom. The van der Waals surface area contributed by atoms with Gasteiger partial charge in [0.1, 0.15) is 0 Å². The average molecular weight is 282 g/mol. The number of hydrogen-bond donors (Lipinski definition) is 1. The van der Waals surface area contributed by atoms with E-state index in [0.29, 0.717) is 4.83 Å². The van der Waals surface area contributed by atoms with E-state index in [9.17, 15) is 4.79 Å². The number of anilines is 1. The van der Waals surface area contributed by atoms with Gasteiger partial charge >= 0.3 is 0 Å². The smallest absolute Gasteiger partial charge is 0.227 e. The van der Waals surface area contributed by atoms with Gasteiger partial charge in [0.05, 0.1) is 0 Å². The Hall–Kier alpha value is -0.830. The van der Waals surface area contributed by atoms with Gasteiger partial charge in [-0.1, -0.05) is 35.0 Å². The third kappa shape index (κ3) is 3.34. The molecule has 3 heteroatoms. The fourth-order valence-electron chi connectivity index (χ4n) is 1.64. The number of carbonyl (C=O) groups excluding carboxylic acids is 1. The number of halogens is 1. The van der Waals surface area contributed by atoms with E-state index in [-0.39, 0.29) is 11.8 Å². The Morgan fingerprint density at radius 1 is 1.44 bits per heavy atom. The van der Waals surface area contributed by atoms with E-state index in [1.807, 2.05) is 12.1 Å². The van der Waals surface area contributed by atoms with Gasteiger partial charge in [-0.3, -0.25) is 4.79 Å². The highest BCUT2D eigenvalue weighted by molar-refractivity contribution is 9.09. The van der Waals surface area contributed by atoms with E-state index in [1.54, 1.807) is 0 Å². The first kappa shape index (κ1) is 11.6. The fourth-order valence-corrected chi connectivity index (χ4v) is 2.01. The van der Waals surface area contributed by atoms with E-state index < -0.39 is 0 Å². The average Bonchev–Trinajstić information content (AvgIpc) is 3.03. The normalized spacial score (nSPS) is 16.9. The molecule has 0 aromatic heterocycles. The molecule has 1 saturated carbocycles. The summed E-state index contributed by atoms with van der Waals surface area (Å²) in [5.74, 6) is 0.434. The van der Waals surface area contributed by atoms with E-state index in [1.165, 1.54) is 5.56 Å². The van der Waals surface area contributed by atoms with Crippen LogP contribution in [0, 0.1) is 5.92 Å². The minimum absolute atomic E-state index is 0.168. The molecule has 1 atom stereocenters. The Labute approximate surface area is 105 Å². The van der Waals surface area contributed by atoms with Crippen molar-refractivity contribution < 1.29 is 4.79 Å². The van der Waals surface area contributed by atoms with Crippen molar-refractivity contribution in [1.29, 1.82) is 0 Å². The van der Waals surface area contributed by atoms with Gasteiger partial charge in [-0.25, -0.2) is 0 Å². The third-order valence-corrected chi connectivity index (χ3v) is 3.01. The van der Waals surface area contributed by atoms with Gasteiger partial charge in [0.2, 0.25) is 5.91 Å². The maximum Gasteiger partial charge on any atom is 0.227 e. The summed E-state index contributed by atoms with van der Waals surface area (Å²) < 4.78 is 0. The molecule has 1 unspecified atom stereocenters. The van der Waals surface area contributed by atoms with Crippen LogP contribution in [0.15, 0.2) is 24.3 Å². The summed E-state index contributed by atoms with van der Waals surface area (Å²) in [5.41, 5.74) is 2.19. The molecule has 2 nitrogen and oxygen atoms in total. The number of hydrogen-bond acceptors (Lipinski definition) is 1. The SMILES string of the molecule is CC(Br)Cc1ccc(NC(=O)C2CC2)cc1. The van der Waals surface area contributed by atoms with Gasteiger partial charge in [0, 0.05) is 16.4 Å². The Kier molecular flexibility index (Phi) is 3.64. The zero-order valence-electron chi connectivity index (χ0n) is 9.37. The van der Waals surface area contributed by atoms with Gasteiger partial charge in [-0.05, 0) is 37.0 Å². The molecule has 1 aromatic carbocycles. The molecule has 1 fully saturated rings. The monoisotopic (exact) mass is 281 g/mol. The van der Waals surface area contributed by atoms with Crippen LogP contribution in [-0.2, 0) is 11.2 Å². The highest BCUT2D eigenvalue weighted by Crippen LogP contribution is 2.30. The van der Waals surface area contributed by atoms with E-state index >= 15 is 0 Å². The van der Waals surface area contributed by atoms with E-state index in [0.717, 1.165) is 24.9 Å². The standard InChI is InChI=1S/C13H16BrNO/c1-9(14)8-10-2-6-12(7-3-10)15-13(16)11-4-5-11/h2-3,6-7,9,11H,4-5,8H2,1H3,(H,15,16). The minimum Gasteiger partial charge on any atom is -0.326 e. The molecule has 0 radical (unpaired) electrons. The summed E-state index contributed by atoms with van der Waals surface area (Å²) in [6.07, 6.45) is 3.10. The molecule has 1 aliphatic rings.